The fourth-order valence-corrected chi connectivity index (χ4v) is 6.22. The Morgan fingerprint density at radius 2 is 2.15 bits per heavy atom. The number of hydrogen-bond acceptors (Lipinski definition) is 8. The van der Waals surface area contributed by atoms with Crippen LogP contribution in [0.5, 0.6) is 0 Å². The Bertz CT molecular complexity index is 1540. The lowest BCUT2D eigenvalue weighted by Gasteiger charge is -2.50. The molecule has 0 bridgehead atoms. The Morgan fingerprint density at radius 1 is 1.23 bits per heavy atom. The summed E-state index contributed by atoms with van der Waals surface area (Å²) in [5.41, 5.74) is 6.46. The molecular formula is C29H33N9O. The Morgan fingerprint density at radius 3 is 2.95 bits per heavy atom. The van der Waals surface area contributed by atoms with Crippen LogP contribution in [0.25, 0.3) is 5.65 Å². The van der Waals surface area contributed by atoms with Gasteiger partial charge in [-0.05, 0) is 60.2 Å². The van der Waals surface area contributed by atoms with Gasteiger partial charge in [0.15, 0.2) is 5.65 Å². The van der Waals surface area contributed by atoms with Crippen molar-refractivity contribution in [1.29, 1.82) is 5.26 Å². The average molecular weight is 524 g/mol. The third kappa shape index (κ3) is 4.32. The molecule has 0 saturated carbocycles. The fraction of sp³-hybridized carbons (Fsp3) is 0.448. The van der Waals surface area contributed by atoms with E-state index in [0.717, 1.165) is 62.6 Å². The zero-order valence-corrected chi connectivity index (χ0v) is 22.3. The van der Waals surface area contributed by atoms with E-state index in [1.54, 1.807) is 0 Å². The predicted octanol–water partition coefficient (Wildman–Crippen LogP) is 3.51. The number of fused-ring (bicyclic) bond motifs is 2. The highest BCUT2D eigenvalue weighted by Crippen LogP contribution is 2.37. The van der Waals surface area contributed by atoms with Crippen molar-refractivity contribution >= 4 is 23.0 Å². The number of aromatic nitrogens is 5. The minimum atomic E-state index is -0.320. The molecule has 7 rings (SSSR count). The summed E-state index contributed by atoms with van der Waals surface area (Å²) in [6.07, 6.45) is 9.43. The first-order valence-electron chi connectivity index (χ1n) is 13.9. The van der Waals surface area contributed by atoms with Crippen molar-refractivity contribution in [1.82, 2.24) is 29.3 Å². The van der Waals surface area contributed by atoms with Crippen LogP contribution in [0.4, 0.5) is 17.3 Å². The molecule has 2 saturated heterocycles. The normalized spacial score (nSPS) is 20.5. The zero-order chi connectivity index (χ0) is 26.4. The van der Waals surface area contributed by atoms with E-state index >= 15 is 0 Å². The molecule has 1 N–H and O–H groups in total. The predicted molar refractivity (Wildman–Crippen MR) is 148 cm³/mol. The molecule has 0 aliphatic carbocycles. The van der Waals surface area contributed by atoms with Gasteiger partial charge in [-0.15, -0.1) is 5.10 Å². The second-order valence-corrected chi connectivity index (χ2v) is 11.0. The molecule has 3 aliphatic heterocycles. The van der Waals surface area contributed by atoms with E-state index in [1.807, 2.05) is 27.7 Å². The number of aryl methyl sites for hydroxylation is 1. The maximum atomic E-state index is 9.55. The molecule has 3 aromatic heterocycles. The maximum absolute atomic E-state index is 9.55. The first-order valence-corrected chi connectivity index (χ1v) is 13.9. The number of rotatable bonds is 7. The van der Waals surface area contributed by atoms with Gasteiger partial charge >= 0.3 is 0 Å². The minimum absolute atomic E-state index is 0.320. The van der Waals surface area contributed by atoms with Gasteiger partial charge in [0.1, 0.15) is 5.54 Å². The van der Waals surface area contributed by atoms with Crippen LogP contribution in [0.3, 0.4) is 0 Å². The van der Waals surface area contributed by atoms with Gasteiger partial charge in [0.05, 0.1) is 31.0 Å². The number of hydrogen-bond donors (Lipinski definition) is 1. The summed E-state index contributed by atoms with van der Waals surface area (Å²) in [6, 6.07) is 13.6. The number of nitrogens with zero attached hydrogens (tertiary/aromatic N) is 8. The van der Waals surface area contributed by atoms with Crippen molar-refractivity contribution in [2.24, 2.45) is 0 Å². The van der Waals surface area contributed by atoms with E-state index < -0.39 is 0 Å². The Balaban J connectivity index is 1.08. The lowest BCUT2D eigenvalue weighted by molar-refractivity contribution is 0.135. The minimum Gasteiger partial charge on any atom is -0.380 e. The van der Waals surface area contributed by atoms with Crippen LogP contribution >= 0.6 is 0 Å². The molecule has 1 atom stereocenters. The molecule has 4 aromatic rings. The standard InChI is InChI=1S/C29H33N9O/c1-2-21-15-31-38(16-21)29(9-10-30)19-36(20-29)26-4-3-11-37-27(26)33-28(34-37)32-24-6-5-23-17-35(12-7-22(23)14-24)25-8-13-39-18-25/h3-6,11,14-16,25H,2,7-9,12-13,17-20H2,1H3,(H,32,34)/t25-/m1/s1. The van der Waals surface area contributed by atoms with E-state index in [1.165, 1.54) is 16.7 Å². The summed E-state index contributed by atoms with van der Waals surface area (Å²) >= 11 is 0. The first-order chi connectivity index (χ1) is 19.1. The number of nitrogens with one attached hydrogen (secondary N) is 1. The molecule has 6 heterocycles. The molecule has 3 aliphatic rings. The molecule has 10 heteroatoms. The molecule has 200 valence electrons. The smallest absolute Gasteiger partial charge is 0.247 e. The number of nitriles is 1. The van der Waals surface area contributed by atoms with Crippen LogP contribution in [-0.4, -0.2) is 68.2 Å². The average Bonchev–Trinajstić information content (AvgIpc) is 3.71. The highest BCUT2D eigenvalue weighted by Gasteiger charge is 2.46. The van der Waals surface area contributed by atoms with Gasteiger partial charge in [-0.3, -0.25) is 9.58 Å². The number of ether oxygens (including phenoxy) is 1. The molecule has 39 heavy (non-hydrogen) atoms. The molecule has 1 aromatic carbocycles. The zero-order valence-electron chi connectivity index (χ0n) is 22.3. The quantitative estimate of drug-likeness (QED) is 0.393. The molecule has 0 amide bonds. The van der Waals surface area contributed by atoms with E-state index in [9.17, 15) is 5.26 Å². The van der Waals surface area contributed by atoms with Gasteiger partial charge in [-0.25, -0.2) is 4.52 Å². The summed E-state index contributed by atoms with van der Waals surface area (Å²) in [7, 11) is 0. The highest BCUT2D eigenvalue weighted by atomic mass is 16.5. The molecular weight excluding hydrogens is 490 g/mol. The van der Waals surface area contributed by atoms with Crippen LogP contribution in [0.15, 0.2) is 48.9 Å². The lowest BCUT2D eigenvalue weighted by atomic mass is 9.86. The Hall–Kier alpha value is -3.94. The maximum Gasteiger partial charge on any atom is 0.247 e. The van der Waals surface area contributed by atoms with Crippen molar-refractivity contribution in [3.63, 3.8) is 0 Å². The summed E-state index contributed by atoms with van der Waals surface area (Å²) in [6.45, 7) is 7.32. The fourth-order valence-electron chi connectivity index (χ4n) is 6.22. The summed E-state index contributed by atoms with van der Waals surface area (Å²) < 4.78 is 9.41. The second kappa shape index (κ2) is 9.67. The van der Waals surface area contributed by atoms with Gasteiger partial charge in [-0.2, -0.15) is 15.3 Å². The molecule has 0 radical (unpaired) electrons. The highest BCUT2D eigenvalue weighted by molar-refractivity contribution is 5.72. The molecule has 2 fully saturated rings. The summed E-state index contributed by atoms with van der Waals surface area (Å²) in [4.78, 5) is 9.68. The molecule has 0 unspecified atom stereocenters. The van der Waals surface area contributed by atoms with Crippen LogP contribution in [0, 0.1) is 11.3 Å². The van der Waals surface area contributed by atoms with E-state index in [-0.39, 0.29) is 5.54 Å². The SMILES string of the molecule is CCc1cnn(C2(CC#N)CN(c3cccn4nc(Nc5ccc6c(c5)CCN([C@@H]5CCOC5)C6)nc34)C2)c1. The van der Waals surface area contributed by atoms with Gasteiger partial charge in [0.25, 0.3) is 0 Å². The third-order valence-electron chi connectivity index (χ3n) is 8.52. The monoisotopic (exact) mass is 523 g/mol. The van der Waals surface area contributed by atoms with Crippen LogP contribution in [0.2, 0.25) is 0 Å². The van der Waals surface area contributed by atoms with Gasteiger partial charge in [0.2, 0.25) is 5.95 Å². The van der Waals surface area contributed by atoms with Gasteiger partial charge in [0, 0.05) is 56.9 Å². The Kier molecular flexibility index (Phi) is 5.98. The summed E-state index contributed by atoms with van der Waals surface area (Å²) in [5.74, 6) is 0.575. The molecule has 10 nitrogen and oxygen atoms in total. The van der Waals surface area contributed by atoms with Crippen LogP contribution in [0.1, 0.15) is 36.5 Å². The van der Waals surface area contributed by atoms with Crippen molar-refractivity contribution in [2.45, 2.75) is 50.7 Å². The largest absolute Gasteiger partial charge is 0.380 e. The second-order valence-electron chi connectivity index (χ2n) is 11.0. The number of pyridine rings is 1. The number of anilines is 3. The van der Waals surface area contributed by atoms with Gasteiger partial charge in [-0.1, -0.05) is 13.0 Å². The van der Waals surface area contributed by atoms with Crippen LogP contribution < -0.4 is 10.2 Å². The summed E-state index contributed by atoms with van der Waals surface area (Å²) in [5, 5.41) is 22.3. The lowest BCUT2D eigenvalue weighted by Crippen LogP contribution is -2.63. The van der Waals surface area contributed by atoms with Crippen LogP contribution in [-0.2, 0) is 29.7 Å². The first kappa shape index (κ1) is 24.1. The van der Waals surface area contributed by atoms with Crippen molar-refractivity contribution in [2.75, 3.05) is 43.1 Å². The van der Waals surface area contributed by atoms with E-state index in [2.05, 4.69) is 63.7 Å². The number of benzene rings is 1. The topological polar surface area (TPSA) is 99.5 Å². The van der Waals surface area contributed by atoms with Gasteiger partial charge < -0.3 is 15.0 Å². The van der Waals surface area contributed by atoms with E-state index in [0.29, 0.717) is 31.5 Å². The molecule has 0 spiro atoms. The van der Waals surface area contributed by atoms with Crippen molar-refractivity contribution in [3.05, 3.63) is 65.6 Å². The Labute approximate surface area is 227 Å². The van der Waals surface area contributed by atoms with Crippen molar-refractivity contribution < 1.29 is 4.74 Å². The van der Waals surface area contributed by atoms with Crippen molar-refractivity contribution in [3.8, 4) is 6.07 Å². The van der Waals surface area contributed by atoms with E-state index in [4.69, 9.17) is 14.8 Å². The third-order valence-corrected chi connectivity index (χ3v) is 8.52.